The summed E-state index contributed by atoms with van der Waals surface area (Å²) in [6, 6.07) is 0.913. The molecule has 1 rings (SSSR count). The van der Waals surface area contributed by atoms with Crippen molar-refractivity contribution in [2.75, 3.05) is 6.61 Å². The van der Waals surface area contributed by atoms with Gasteiger partial charge >= 0.3 is 12.1 Å². The van der Waals surface area contributed by atoms with E-state index >= 15 is 0 Å². The highest BCUT2D eigenvalue weighted by molar-refractivity contribution is 5.87. The zero-order chi connectivity index (χ0) is 12.3. The zero-order valence-corrected chi connectivity index (χ0v) is 8.34. The molecule has 0 aliphatic carbocycles. The van der Waals surface area contributed by atoms with Gasteiger partial charge in [-0.05, 0) is 13.0 Å². The second kappa shape index (κ2) is 4.56. The number of alkyl halides is 3. The topological polar surface area (TPSA) is 62.3 Å². The van der Waals surface area contributed by atoms with Crippen LogP contribution in [-0.2, 0) is 4.74 Å². The molecular formula is C9H10F3NO3. The molecule has 1 unspecified atom stereocenters. The fourth-order valence-corrected chi connectivity index (χ4v) is 1.08. The molecule has 1 atom stereocenters. The van der Waals surface area contributed by atoms with Crippen LogP contribution in [0, 0.1) is 0 Å². The second-order valence-corrected chi connectivity index (χ2v) is 3.01. The summed E-state index contributed by atoms with van der Waals surface area (Å²) in [6.07, 6.45) is -6.44. The molecule has 0 fully saturated rings. The van der Waals surface area contributed by atoms with E-state index in [-0.39, 0.29) is 12.3 Å². The van der Waals surface area contributed by atoms with Crippen molar-refractivity contribution in [1.82, 2.24) is 4.98 Å². The lowest BCUT2D eigenvalue weighted by Crippen LogP contribution is -2.19. The lowest BCUT2D eigenvalue weighted by atomic mass is 10.2. The Kier molecular flexibility index (Phi) is 3.58. The summed E-state index contributed by atoms with van der Waals surface area (Å²) in [6.45, 7) is 1.70. The van der Waals surface area contributed by atoms with Gasteiger partial charge in [-0.3, -0.25) is 0 Å². The van der Waals surface area contributed by atoms with E-state index in [1.54, 1.807) is 6.92 Å². The number of halogens is 3. The summed E-state index contributed by atoms with van der Waals surface area (Å²) in [5.41, 5.74) is -0.546. The van der Waals surface area contributed by atoms with Gasteiger partial charge in [0.15, 0.2) is 6.10 Å². The third-order valence-electron chi connectivity index (χ3n) is 1.83. The van der Waals surface area contributed by atoms with E-state index in [1.165, 1.54) is 0 Å². The normalized spacial score (nSPS) is 13.6. The van der Waals surface area contributed by atoms with Crippen molar-refractivity contribution in [2.24, 2.45) is 0 Å². The molecule has 16 heavy (non-hydrogen) atoms. The van der Waals surface area contributed by atoms with Gasteiger partial charge in [0.2, 0.25) is 0 Å². The van der Waals surface area contributed by atoms with Crippen LogP contribution in [0.3, 0.4) is 0 Å². The van der Waals surface area contributed by atoms with Crippen molar-refractivity contribution >= 4 is 5.97 Å². The summed E-state index contributed by atoms with van der Waals surface area (Å²) in [5, 5.41) is 8.88. The third-order valence-corrected chi connectivity index (χ3v) is 1.83. The first-order valence-electron chi connectivity index (χ1n) is 4.46. The predicted molar refractivity (Wildman–Crippen MR) is 47.8 cm³/mol. The van der Waals surface area contributed by atoms with Crippen molar-refractivity contribution < 1.29 is 27.8 Å². The van der Waals surface area contributed by atoms with Crippen LogP contribution in [0.15, 0.2) is 12.3 Å². The summed E-state index contributed by atoms with van der Waals surface area (Å²) >= 11 is 0. The van der Waals surface area contributed by atoms with Gasteiger partial charge < -0.3 is 14.8 Å². The summed E-state index contributed by atoms with van der Waals surface area (Å²) < 4.78 is 40.9. The smallest absolute Gasteiger partial charge is 0.418 e. The van der Waals surface area contributed by atoms with Crippen LogP contribution >= 0.6 is 0 Å². The molecule has 0 aromatic carbocycles. The maximum Gasteiger partial charge on any atom is 0.418 e. The Balaban J connectivity index is 2.83. The van der Waals surface area contributed by atoms with Crippen LogP contribution in [0.5, 0.6) is 0 Å². The molecule has 0 bridgehead atoms. The molecule has 1 heterocycles. The zero-order valence-electron chi connectivity index (χ0n) is 8.34. The first-order valence-corrected chi connectivity index (χ1v) is 4.46. The Morgan fingerprint density at radius 1 is 1.62 bits per heavy atom. The van der Waals surface area contributed by atoms with E-state index in [0.29, 0.717) is 0 Å². The van der Waals surface area contributed by atoms with Gasteiger partial charge in [0.05, 0.1) is 6.61 Å². The quantitative estimate of drug-likeness (QED) is 0.788. The molecule has 90 valence electrons. The summed E-state index contributed by atoms with van der Waals surface area (Å²) in [7, 11) is 0. The first kappa shape index (κ1) is 12.6. The van der Waals surface area contributed by atoms with Gasteiger partial charge in [-0.2, -0.15) is 13.2 Å². The summed E-state index contributed by atoms with van der Waals surface area (Å²) in [4.78, 5) is 13.4. The third kappa shape index (κ3) is 2.75. The maximum absolute atomic E-state index is 12.1. The minimum absolute atomic E-state index is 0.120. The van der Waals surface area contributed by atoms with Crippen molar-refractivity contribution in [2.45, 2.75) is 19.2 Å². The lowest BCUT2D eigenvalue weighted by molar-refractivity contribution is -0.206. The number of carbonyl (C=O) groups excluding carboxylic acids is 1. The number of aromatic amines is 1. The average Bonchev–Trinajstić information content (AvgIpc) is 2.64. The van der Waals surface area contributed by atoms with Crippen LogP contribution in [-0.4, -0.2) is 28.8 Å². The molecule has 2 N–H and O–H groups in total. The highest BCUT2D eigenvalue weighted by atomic mass is 19.4. The van der Waals surface area contributed by atoms with Gasteiger partial charge in [0.1, 0.15) is 5.69 Å². The number of H-pyrrole nitrogens is 1. The molecule has 7 heteroatoms. The molecule has 0 aliphatic rings. The van der Waals surface area contributed by atoms with Crippen LogP contribution in [0.1, 0.15) is 29.1 Å². The summed E-state index contributed by atoms with van der Waals surface area (Å²) in [5.74, 6) is -0.761. The largest absolute Gasteiger partial charge is 0.461 e. The number of hydrogen-bond acceptors (Lipinski definition) is 3. The molecule has 1 aromatic heterocycles. The van der Waals surface area contributed by atoms with Gasteiger partial charge in [-0.15, -0.1) is 0 Å². The monoisotopic (exact) mass is 237 g/mol. The fraction of sp³-hybridized carbons (Fsp3) is 0.444. The van der Waals surface area contributed by atoms with E-state index in [9.17, 15) is 18.0 Å². The molecule has 1 aromatic rings. The van der Waals surface area contributed by atoms with Crippen molar-refractivity contribution in [3.63, 3.8) is 0 Å². The van der Waals surface area contributed by atoms with Gasteiger partial charge in [-0.1, -0.05) is 0 Å². The van der Waals surface area contributed by atoms with Crippen LogP contribution in [0.25, 0.3) is 0 Å². The minimum atomic E-state index is -4.76. The first-order chi connectivity index (χ1) is 7.36. The Morgan fingerprint density at radius 3 is 2.75 bits per heavy atom. The van der Waals surface area contributed by atoms with Crippen molar-refractivity contribution in [3.05, 3.63) is 23.5 Å². The Labute approximate surface area is 89.0 Å². The van der Waals surface area contributed by atoms with Crippen LogP contribution in [0.4, 0.5) is 13.2 Å². The molecule has 0 spiro atoms. The van der Waals surface area contributed by atoms with Crippen molar-refractivity contribution in [1.29, 1.82) is 0 Å². The number of aliphatic hydroxyl groups excluding tert-OH is 1. The van der Waals surface area contributed by atoms with Crippen molar-refractivity contribution in [3.8, 4) is 0 Å². The van der Waals surface area contributed by atoms with E-state index in [2.05, 4.69) is 9.72 Å². The van der Waals surface area contributed by atoms with E-state index in [0.717, 1.165) is 12.3 Å². The second-order valence-electron chi connectivity index (χ2n) is 3.01. The lowest BCUT2D eigenvalue weighted by Gasteiger charge is -2.12. The molecule has 4 nitrogen and oxygen atoms in total. The van der Waals surface area contributed by atoms with Crippen LogP contribution < -0.4 is 0 Å². The average molecular weight is 237 g/mol. The molecule has 0 aliphatic heterocycles. The number of rotatable bonds is 3. The molecule has 0 saturated carbocycles. The molecular weight excluding hydrogens is 227 g/mol. The number of carbonyl (C=O) groups is 1. The fourth-order valence-electron chi connectivity index (χ4n) is 1.08. The molecule has 0 amide bonds. The maximum atomic E-state index is 12.1. The molecule has 0 radical (unpaired) electrons. The van der Waals surface area contributed by atoms with Crippen LogP contribution in [0.2, 0.25) is 0 Å². The Hall–Kier alpha value is -1.50. The minimum Gasteiger partial charge on any atom is -0.461 e. The number of hydrogen-bond donors (Lipinski definition) is 2. The van der Waals surface area contributed by atoms with E-state index < -0.39 is 23.8 Å². The number of esters is 1. The SMILES string of the molecule is CCOC(=O)c1cc(C(O)C(F)(F)F)c[nH]1. The van der Waals surface area contributed by atoms with E-state index in [1.807, 2.05) is 0 Å². The predicted octanol–water partition coefficient (Wildman–Crippen LogP) is 1.79. The standard InChI is InChI=1S/C9H10F3NO3/c1-2-16-8(15)6-3-5(4-13-6)7(14)9(10,11)12/h3-4,7,13-14H,2H2,1H3. The van der Waals surface area contributed by atoms with Gasteiger partial charge in [0.25, 0.3) is 0 Å². The number of ether oxygens (including phenoxy) is 1. The number of aliphatic hydroxyl groups is 1. The Bertz CT molecular complexity index is 372. The molecule has 0 saturated heterocycles. The van der Waals surface area contributed by atoms with Gasteiger partial charge in [-0.25, -0.2) is 4.79 Å². The number of aromatic nitrogens is 1. The highest BCUT2D eigenvalue weighted by Crippen LogP contribution is 2.32. The number of nitrogens with one attached hydrogen (secondary N) is 1. The van der Waals surface area contributed by atoms with Gasteiger partial charge in [0, 0.05) is 11.8 Å². The highest BCUT2D eigenvalue weighted by Gasteiger charge is 2.40. The van der Waals surface area contributed by atoms with E-state index in [4.69, 9.17) is 5.11 Å². The Morgan fingerprint density at radius 2 is 2.25 bits per heavy atom.